The number of hydrogen-bond donors (Lipinski definition) is 2. The molecule has 0 fully saturated rings. The summed E-state index contributed by atoms with van der Waals surface area (Å²) in [6.45, 7) is 2.43. The molecule has 0 radical (unpaired) electrons. The van der Waals surface area contributed by atoms with Gasteiger partial charge in [0.05, 0.1) is 17.6 Å². The highest BCUT2D eigenvalue weighted by molar-refractivity contribution is 7.92. The topological polar surface area (TPSA) is 93.1 Å². The van der Waals surface area contributed by atoms with E-state index >= 15 is 0 Å². The van der Waals surface area contributed by atoms with Crippen LogP contribution in [0.5, 0.6) is 0 Å². The minimum absolute atomic E-state index is 0.00887. The third-order valence-corrected chi connectivity index (χ3v) is 4.89. The van der Waals surface area contributed by atoms with Crippen molar-refractivity contribution >= 4 is 33.2 Å². The molecule has 23 heavy (non-hydrogen) atoms. The van der Waals surface area contributed by atoms with E-state index in [0.717, 1.165) is 6.42 Å². The summed E-state index contributed by atoms with van der Waals surface area (Å²) in [4.78, 5) is 15.9. The number of halogens is 1. The number of carbonyl (C=O) groups excluding carboxylic acids is 1. The molecule has 1 aromatic heterocycles. The Balaban J connectivity index is 2.33. The second-order valence-electron chi connectivity index (χ2n) is 4.86. The molecule has 0 saturated heterocycles. The van der Waals surface area contributed by atoms with E-state index in [1.165, 1.54) is 17.0 Å². The third kappa shape index (κ3) is 3.83. The van der Waals surface area contributed by atoms with Crippen molar-refractivity contribution in [1.82, 2.24) is 14.9 Å². The van der Waals surface area contributed by atoms with Crippen LogP contribution >= 0.6 is 11.6 Å². The molecule has 0 aliphatic carbocycles. The molecular weight excluding hydrogens is 340 g/mol. The van der Waals surface area contributed by atoms with Gasteiger partial charge in [-0.15, -0.1) is 0 Å². The molecule has 1 aromatic carbocycles. The quantitative estimate of drug-likeness (QED) is 0.828. The van der Waals surface area contributed by atoms with Crippen LogP contribution in [0.15, 0.2) is 35.6 Å². The minimum Gasteiger partial charge on any atom is -0.352 e. The van der Waals surface area contributed by atoms with Crippen molar-refractivity contribution in [2.24, 2.45) is 7.05 Å². The van der Waals surface area contributed by atoms with Gasteiger partial charge in [-0.25, -0.2) is 4.98 Å². The van der Waals surface area contributed by atoms with Gasteiger partial charge < -0.3 is 9.88 Å². The highest BCUT2D eigenvalue weighted by Crippen LogP contribution is 2.23. The molecule has 2 rings (SSSR count). The number of aromatic nitrogens is 2. The van der Waals surface area contributed by atoms with Crippen LogP contribution in [-0.4, -0.2) is 30.4 Å². The Bertz CT molecular complexity index is 817. The lowest BCUT2D eigenvalue weighted by Gasteiger charge is -2.11. The van der Waals surface area contributed by atoms with Gasteiger partial charge >= 0.3 is 0 Å². The predicted molar refractivity (Wildman–Crippen MR) is 88.1 cm³/mol. The van der Waals surface area contributed by atoms with Gasteiger partial charge in [0, 0.05) is 13.6 Å². The molecule has 0 atom stereocenters. The first kappa shape index (κ1) is 17.3. The predicted octanol–water partition coefficient (Wildman–Crippen LogP) is 2.01. The minimum atomic E-state index is -3.99. The van der Waals surface area contributed by atoms with Crippen LogP contribution in [0.2, 0.25) is 5.15 Å². The maximum atomic E-state index is 12.4. The molecule has 0 spiro atoms. The van der Waals surface area contributed by atoms with Crippen LogP contribution in [-0.2, 0) is 17.1 Å². The maximum Gasteiger partial charge on any atom is 0.282 e. The van der Waals surface area contributed by atoms with Crippen LogP contribution < -0.4 is 10.0 Å². The smallest absolute Gasteiger partial charge is 0.282 e. The summed E-state index contributed by atoms with van der Waals surface area (Å²) in [5, 5.41) is 2.41. The fourth-order valence-electron chi connectivity index (χ4n) is 1.87. The average molecular weight is 357 g/mol. The van der Waals surface area contributed by atoms with Crippen molar-refractivity contribution in [1.29, 1.82) is 0 Å². The maximum absolute atomic E-state index is 12.4. The SMILES string of the molecule is CCCNC(=O)c1ccccc1NS(=O)(=O)c1ncn(C)c1Cl. The van der Waals surface area contributed by atoms with E-state index in [4.69, 9.17) is 11.6 Å². The zero-order chi connectivity index (χ0) is 17.0. The number of nitrogens with one attached hydrogen (secondary N) is 2. The lowest BCUT2D eigenvalue weighted by atomic mass is 10.1. The van der Waals surface area contributed by atoms with Crippen LogP contribution in [0.3, 0.4) is 0 Å². The lowest BCUT2D eigenvalue weighted by molar-refractivity contribution is 0.0954. The molecule has 0 unspecified atom stereocenters. The van der Waals surface area contributed by atoms with E-state index in [-0.39, 0.29) is 27.3 Å². The van der Waals surface area contributed by atoms with E-state index in [1.54, 1.807) is 25.2 Å². The molecule has 0 aliphatic heterocycles. The van der Waals surface area contributed by atoms with Crippen LogP contribution in [0.25, 0.3) is 0 Å². The third-order valence-electron chi connectivity index (χ3n) is 3.04. The molecule has 0 aliphatic rings. The Morgan fingerprint density at radius 2 is 2.04 bits per heavy atom. The van der Waals surface area contributed by atoms with Crippen LogP contribution in [0.1, 0.15) is 23.7 Å². The molecule has 0 saturated carbocycles. The van der Waals surface area contributed by atoms with Gasteiger partial charge in [-0.1, -0.05) is 30.7 Å². The van der Waals surface area contributed by atoms with Crippen molar-refractivity contribution in [2.75, 3.05) is 11.3 Å². The Hall–Kier alpha value is -2.06. The van der Waals surface area contributed by atoms with Gasteiger partial charge in [-0.2, -0.15) is 8.42 Å². The van der Waals surface area contributed by atoms with Gasteiger partial charge in [0.25, 0.3) is 15.9 Å². The first-order valence-corrected chi connectivity index (χ1v) is 8.79. The Labute approximate surface area is 139 Å². The van der Waals surface area contributed by atoms with Gasteiger partial charge in [0.15, 0.2) is 0 Å². The molecule has 124 valence electrons. The van der Waals surface area contributed by atoms with E-state index in [0.29, 0.717) is 6.54 Å². The van der Waals surface area contributed by atoms with Crippen molar-refractivity contribution in [2.45, 2.75) is 18.4 Å². The van der Waals surface area contributed by atoms with Crippen LogP contribution in [0, 0.1) is 0 Å². The number of benzene rings is 1. The van der Waals surface area contributed by atoms with E-state index in [9.17, 15) is 13.2 Å². The van der Waals surface area contributed by atoms with Crippen LogP contribution in [0.4, 0.5) is 5.69 Å². The summed E-state index contributed by atoms with van der Waals surface area (Å²) in [5.41, 5.74) is 0.402. The molecule has 1 amide bonds. The molecule has 9 heteroatoms. The highest BCUT2D eigenvalue weighted by Gasteiger charge is 2.24. The molecule has 2 aromatic rings. The number of anilines is 1. The number of rotatable bonds is 6. The van der Waals surface area contributed by atoms with Crippen molar-refractivity contribution in [3.63, 3.8) is 0 Å². The van der Waals surface area contributed by atoms with Gasteiger partial charge in [-0.05, 0) is 18.6 Å². The molecule has 0 bridgehead atoms. The molecule has 2 N–H and O–H groups in total. The van der Waals surface area contributed by atoms with Crippen molar-refractivity contribution < 1.29 is 13.2 Å². The monoisotopic (exact) mass is 356 g/mol. The summed E-state index contributed by atoms with van der Waals surface area (Å²) in [6, 6.07) is 6.35. The molecule has 7 nitrogen and oxygen atoms in total. The van der Waals surface area contributed by atoms with E-state index in [2.05, 4.69) is 15.0 Å². The largest absolute Gasteiger partial charge is 0.352 e. The lowest BCUT2D eigenvalue weighted by Crippen LogP contribution is -2.26. The fourth-order valence-corrected chi connectivity index (χ4v) is 3.38. The fraction of sp³-hybridized carbons (Fsp3) is 0.286. The summed E-state index contributed by atoms with van der Waals surface area (Å²) in [7, 11) is -2.41. The Morgan fingerprint density at radius 3 is 2.65 bits per heavy atom. The molecular formula is C14H17ClN4O3S. The number of nitrogens with zero attached hydrogens (tertiary/aromatic N) is 2. The number of carbonyl (C=O) groups is 1. The summed E-state index contributed by atoms with van der Waals surface area (Å²) < 4.78 is 28.6. The second-order valence-corrected chi connectivity index (χ2v) is 6.81. The highest BCUT2D eigenvalue weighted by atomic mass is 35.5. The van der Waals surface area contributed by atoms with E-state index in [1.807, 2.05) is 6.92 Å². The number of para-hydroxylation sites is 1. The van der Waals surface area contributed by atoms with E-state index < -0.39 is 10.0 Å². The summed E-state index contributed by atoms with van der Waals surface area (Å²) in [6.07, 6.45) is 2.08. The normalized spacial score (nSPS) is 11.3. The Kier molecular flexibility index (Phi) is 5.27. The van der Waals surface area contributed by atoms with Gasteiger partial charge in [-0.3, -0.25) is 9.52 Å². The zero-order valence-electron chi connectivity index (χ0n) is 12.7. The standard InChI is InChI=1S/C14H17ClN4O3S/c1-3-8-16-13(20)10-6-4-5-7-11(10)18-23(21,22)14-12(15)19(2)9-17-14/h4-7,9,18H,3,8H2,1-2H3,(H,16,20). The van der Waals surface area contributed by atoms with Gasteiger partial charge in [0.2, 0.25) is 5.03 Å². The average Bonchev–Trinajstić information content (AvgIpc) is 2.85. The number of hydrogen-bond acceptors (Lipinski definition) is 4. The number of aryl methyl sites for hydroxylation is 1. The second kappa shape index (κ2) is 7.01. The summed E-state index contributed by atoms with van der Waals surface area (Å²) in [5.74, 6) is -0.350. The van der Waals surface area contributed by atoms with Gasteiger partial charge in [0.1, 0.15) is 5.15 Å². The summed E-state index contributed by atoms with van der Waals surface area (Å²) >= 11 is 5.93. The molecule has 1 heterocycles. The Morgan fingerprint density at radius 1 is 1.35 bits per heavy atom. The number of imidazole rings is 1. The first-order chi connectivity index (χ1) is 10.9. The number of amides is 1. The first-order valence-electron chi connectivity index (χ1n) is 6.93. The van der Waals surface area contributed by atoms with Crippen molar-refractivity contribution in [3.8, 4) is 0 Å². The number of sulfonamides is 1. The zero-order valence-corrected chi connectivity index (χ0v) is 14.3. The van der Waals surface area contributed by atoms with Crippen molar-refractivity contribution in [3.05, 3.63) is 41.3 Å².